The van der Waals surface area contributed by atoms with Gasteiger partial charge in [0, 0.05) is 19.3 Å². The van der Waals surface area contributed by atoms with E-state index in [9.17, 15) is 43.2 Å². The summed E-state index contributed by atoms with van der Waals surface area (Å²) >= 11 is 0. The quantitative estimate of drug-likeness (QED) is 0.0169. The third kappa shape index (κ3) is 67.8. The molecule has 0 aromatic rings. The first-order valence-electron chi connectivity index (χ1n) is 36.4. The van der Waals surface area contributed by atoms with E-state index in [2.05, 4.69) is 131 Å². The summed E-state index contributed by atoms with van der Waals surface area (Å²) in [7, 11) is -9.99. The molecule has 0 radical (unpaired) electrons. The van der Waals surface area contributed by atoms with Crippen LogP contribution >= 0.6 is 15.6 Å². The molecule has 0 fully saturated rings. The van der Waals surface area contributed by atoms with Crippen molar-refractivity contribution in [1.29, 1.82) is 0 Å². The lowest BCUT2D eigenvalue weighted by molar-refractivity contribution is -0.161. The molecule has 0 aliphatic heterocycles. The van der Waals surface area contributed by atoms with Gasteiger partial charge < -0.3 is 33.8 Å². The van der Waals surface area contributed by atoms with E-state index < -0.39 is 97.5 Å². The molecule has 0 saturated heterocycles. The number of allylic oxidation sites excluding steroid dienone is 21. The SMILES string of the molecule is CC/C=C\C/C=C\C/C=C\C/C=C\C/C=C\CC(=O)OCC(COP(=O)(O)OCC(O)COP(=O)(O)OCC(COC(=O)CCCCCCC/C=C\C/C=C\CCC)OC(=O)CCCCCCCCCCCCCCC)OC(=O)CCCC/C=C\C/C=C\C/C=C\C/C=C\CC. The van der Waals surface area contributed by atoms with Crippen molar-refractivity contribution in [3.63, 3.8) is 0 Å². The Balaban J connectivity index is 5.46. The van der Waals surface area contributed by atoms with Gasteiger partial charge in [0.25, 0.3) is 0 Å². The minimum atomic E-state index is -5.01. The molecule has 17 nitrogen and oxygen atoms in total. The molecule has 0 heterocycles. The van der Waals surface area contributed by atoms with Crippen molar-refractivity contribution in [2.75, 3.05) is 39.6 Å². The lowest BCUT2D eigenvalue weighted by atomic mass is 10.0. The third-order valence-corrected chi connectivity index (χ3v) is 16.5. The Labute approximate surface area is 580 Å². The van der Waals surface area contributed by atoms with Crippen LogP contribution in [0.15, 0.2) is 134 Å². The summed E-state index contributed by atoms with van der Waals surface area (Å²) in [5.41, 5.74) is 0. The van der Waals surface area contributed by atoms with E-state index >= 15 is 0 Å². The van der Waals surface area contributed by atoms with E-state index in [4.69, 9.17) is 37.0 Å². The molecular weight excluding hydrogens is 1260 g/mol. The van der Waals surface area contributed by atoms with Gasteiger partial charge in [0.05, 0.1) is 32.8 Å². The molecule has 0 rings (SSSR count). The van der Waals surface area contributed by atoms with Crippen molar-refractivity contribution < 1.29 is 80.2 Å². The van der Waals surface area contributed by atoms with Gasteiger partial charge in [-0.3, -0.25) is 37.3 Å². The predicted octanol–water partition coefficient (Wildman–Crippen LogP) is 20.5. The van der Waals surface area contributed by atoms with E-state index in [1.807, 2.05) is 24.3 Å². The molecule has 0 aliphatic rings. The Morgan fingerprint density at radius 3 is 0.990 bits per heavy atom. The number of aliphatic hydroxyl groups is 1. The fourth-order valence-electron chi connectivity index (χ4n) is 9.14. The minimum Gasteiger partial charge on any atom is -0.462 e. The topological polar surface area (TPSA) is 237 Å². The summed E-state index contributed by atoms with van der Waals surface area (Å²) in [4.78, 5) is 72.6. The Hall–Kier alpha value is -4.80. The van der Waals surface area contributed by atoms with Crippen LogP contribution in [0, 0.1) is 0 Å². The maximum Gasteiger partial charge on any atom is 0.472 e. The van der Waals surface area contributed by atoms with Crippen LogP contribution in [0.4, 0.5) is 0 Å². The average Bonchev–Trinajstić information content (AvgIpc) is 1.36. The molecule has 19 heteroatoms. The molecular formula is C77H128O17P2. The lowest BCUT2D eigenvalue weighted by Crippen LogP contribution is -2.30. The summed E-state index contributed by atoms with van der Waals surface area (Å²) in [6.07, 6.45) is 74.9. The monoisotopic (exact) mass is 1390 g/mol. The first kappa shape index (κ1) is 91.2. The number of ether oxygens (including phenoxy) is 4. The second-order valence-corrected chi connectivity index (χ2v) is 26.7. The standard InChI is InChI=1S/C77H128O17P2/c1-5-9-13-17-21-25-29-33-35-39-42-46-50-54-58-62-75(80)88-68-73(94-77(82)64-60-56-52-48-44-40-36-34-30-26-22-18-14-10-6-2)70-92-96(85,86)90-66-71(78)65-89-95(83,84)91-69-72(93-76(81)63-59-55-51-47-43-38-32-28-24-20-16-12-8-4)67-87-74(79)61-57-53-49-45-41-37-31-27-23-19-15-11-7-3/h9-10,13-15,19,21-22,25-27,31,33-36,42,44,46,48,54,58,71-73,78H,5-8,11-12,16-18,20,23-24,28-30,32,37-41,43,45,47,49-53,55-57,59-70H2,1-4H3,(H,83,84)(H,85,86)/b13-9-,14-10-,19-15-,25-21-,26-22-,31-27-,35-33-,36-34-,46-42-,48-44-,58-54-. The number of carbonyl (C=O) groups is 4. The highest BCUT2D eigenvalue weighted by molar-refractivity contribution is 7.47. The Kier molecular flexibility index (Phi) is 65.3. The highest BCUT2D eigenvalue weighted by atomic mass is 31.2. The van der Waals surface area contributed by atoms with Crippen LogP contribution in [0.1, 0.15) is 272 Å². The molecule has 5 unspecified atom stereocenters. The minimum absolute atomic E-state index is 0.0197. The highest BCUT2D eigenvalue weighted by Crippen LogP contribution is 2.45. The molecule has 96 heavy (non-hydrogen) atoms. The van der Waals surface area contributed by atoms with Gasteiger partial charge >= 0.3 is 39.5 Å². The zero-order valence-electron chi connectivity index (χ0n) is 59.5. The van der Waals surface area contributed by atoms with Crippen molar-refractivity contribution in [2.24, 2.45) is 0 Å². The summed E-state index contributed by atoms with van der Waals surface area (Å²) in [5.74, 6) is -2.39. The maximum absolute atomic E-state index is 13.0. The number of esters is 4. The molecule has 0 amide bonds. The smallest absolute Gasteiger partial charge is 0.462 e. The molecule has 3 N–H and O–H groups in total. The molecule has 5 atom stereocenters. The van der Waals surface area contributed by atoms with Crippen molar-refractivity contribution in [3.8, 4) is 0 Å². The Bertz CT molecular complexity index is 2350. The lowest BCUT2D eigenvalue weighted by Gasteiger charge is -2.21. The normalized spacial score (nSPS) is 14.8. The third-order valence-electron chi connectivity index (χ3n) is 14.6. The summed E-state index contributed by atoms with van der Waals surface area (Å²) in [6.45, 7) is 4.38. The number of phosphoric ester groups is 2. The fraction of sp³-hybridized carbons (Fsp3) is 0.662. The number of rotatable bonds is 67. The van der Waals surface area contributed by atoms with Crippen LogP contribution in [0.5, 0.6) is 0 Å². The summed E-state index contributed by atoms with van der Waals surface area (Å²) < 4.78 is 68.2. The summed E-state index contributed by atoms with van der Waals surface area (Å²) in [6, 6.07) is 0. The van der Waals surface area contributed by atoms with Crippen LogP contribution < -0.4 is 0 Å². The highest BCUT2D eigenvalue weighted by Gasteiger charge is 2.30. The number of hydrogen-bond acceptors (Lipinski definition) is 15. The van der Waals surface area contributed by atoms with Crippen LogP contribution in [-0.4, -0.2) is 96.7 Å². The molecule has 0 spiro atoms. The molecule has 0 bridgehead atoms. The van der Waals surface area contributed by atoms with Gasteiger partial charge in [-0.2, -0.15) is 0 Å². The predicted molar refractivity (Wildman–Crippen MR) is 390 cm³/mol. The maximum atomic E-state index is 13.0. The number of unbranched alkanes of at least 4 members (excludes halogenated alkanes) is 20. The van der Waals surface area contributed by atoms with E-state index in [1.165, 1.54) is 51.4 Å². The van der Waals surface area contributed by atoms with E-state index in [-0.39, 0.29) is 25.7 Å². The van der Waals surface area contributed by atoms with E-state index in [0.29, 0.717) is 32.1 Å². The summed E-state index contributed by atoms with van der Waals surface area (Å²) in [5, 5.41) is 10.6. The van der Waals surface area contributed by atoms with Gasteiger partial charge in [0.2, 0.25) is 0 Å². The first-order valence-corrected chi connectivity index (χ1v) is 39.4. The zero-order chi connectivity index (χ0) is 70.4. The average molecular weight is 1390 g/mol. The number of carbonyl (C=O) groups excluding carboxylic acids is 4. The van der Waals surface area contributed by atoms with Gasteiger partial charge in [-0.25, -0.2) is 9.13 Å². The van der Waals surface area contributed by atoms with Gasteiger partial charge in [0.15, 0.2) is 12.2 Å². The van der Waals surface area contributed by atoms with Crippen molar-refractivity contribution in [2.45, 2.75) is 290 Å². The van der Waals surface area contributed by atoms with E-state index in [1.54, 1.807) is 6.08 Å². The second kappa shape index (κ2) is 68.7. The van der Waals surface area contributed by atoms with Gasteiger partial charge in [0.1, 0.15) is 19.3 Å². The van der Waals surface area contributed by atoms with Crippen LogP contribution in [0.2, 0.25) is 0 Å². The van der Waals surface area contributed by atoms with Gasteiger partial charge in [-0.15, -0.1) is 0 Å². The van der Waals surface area contributed by atoms with E-state index in [0.717, 1.165) is 135 Å². The van der Waals surface area contributed by atoms with Crippen molar-refractivity contribution >= 4 is 39.5 Å². The number of phosphoric acid groups is 2. The van der Waals surface area contributed by atoms with Gasteiger partial charge in [-0.05, 0) is 116 Å². The number of hydrogen-bond donors (Lipinski definition) is 3. The van der Waals surface area contributed by atoms with Crippen LogP contribution in [0.25, 0.3) is 0 Å². The first-order chi connectivity index (χ1) is 46.7. The van der Waals surface area contributed by atoms with Crippen molar-refractivity contribution in [1.82, 2.24) is 0 Å². The molecule has 0 aromatic heterocycles. The largest absolute Gasteiger partial charge is 0.472 e. The van der Waals surface area contributed by atoms with Crippen molar-refractivity contribution in [3.05, 3.63) is 134 Å². The molecule has 0 saturated carbocycles. The van der Waals surface area contributed by atoms with Crippen LogP contribution in [0.3, 0.4) is 0 Å². The molecule has 548 valence electrons. The molecule has 0 aromatic carbocycles. The Morgan fingerprint density at radius 1 is 0.312 bits per heavy atom. The Morgan fingerprint density at radius 2 is 0.604 bits per heavy atom. The van der Waals surface area contributed by atoms with Gasteiger partial charge in [-0.1, -0.05) is 264 Å². The second-order valence-electron chi connectivity index (χ2n) is 23.8. The fourth-order valence-corrected chi connectivity index (χ4v) is 10.7. The number of aliphatic hydroxyl groups excluding tert-OH is 1. The van der Waals surface area contributed by atoms with Crippen LogP contribution in [-0.2, 0) is 65.4 Å². The molecule has 0 aliphatic carbocycles. The zero-order valence-corrected chi connectivity index (χ0v) is 61.3.